The predicted molar refractivity (Wildman–Crippen MR) is 76.2 cm³/mol. The van der Waals surface area contributed by atoms with E-state index >= 15 is 0 Å². The first-order valence-corrected chi connectivity index (χ1v) is 8.05. The van der Waals surface area contributed by atoms with Gasteiger partial charge in [0.15, 0.2) is 0 Å². The van der Waals surface area contributed by atoms with E-state index < -0.39 is 0 Å². The van der Waals surface area contributed by atoms with Crippen molar-refractivity contribution in [3.63, 3.8) is 0 Å². The van der Waals surface area contributed by atoms with Crippen LogP contribution in [0, 0.1) is 5.92 Å². The topological polar surface area (TPSA) is 55.0 Å². The van der Waals surface area contributed by atoms with Crippen molar-refractivity contribution in [2.75, 3.05) is 7.11 Å². The van der Waals surface area contributed by atoms with Crippen LogP contribution in [0.5, 0.6) is 0 Å². The maximum atomic E-state index is 12.1. The number of aromatic amines is 1. The van der Waals surface area contributed by atoms with Crippen molar-refractivity contribution in [2.24, 2.45) is 5.92 Å². The predicted octanol–water partition coefficient (Wildman–Crippen LogP) is 2.57. The Balaban J connectivity index is 2.00. The second kappa shape index (κ2) is 4.94. The highest BCUT2D eigenvalue weighted by Gasteiger charge is 2.39. The maximum absolute atomic E-state index is 12.1. The highest BCUT2D eigenvalue weighted by molar-refractivity contribution is 7.98. The molecule has 0 saturated heterocycles. The summed E-state index contributed by atoms with van der Waals surface area (Å²) in [6, 6.07) is 0. The summed E-state index contributed by atoms with van der Waals surface area (Å²) < 4.78 is 5.79. The molecule has 1 saturated carbocycles. The molecule has 1 aliphatic heterocycles. The number of aromatic nitrogens is 2. The second-order valence-corrected chi connectivity index (χ2v) is 6.70. The Bertz CT molecular complexity index is 533. The quantitative estimate of drug-likeness (QED) is 0.904. The summed E-state index contributed by atoms with van der Waals surface area (Å²) in [5, 5.41) is 0. The molecular weight excluding hydrogens is 260 g/mol. The lowest BCUT2D eigenvalue weighted by molar-refractivity contribution is -0.0600. The molecule has 1 aromatic rings. The Morgan fingerprint density at radius 3 is 2.79 bits per heavy atom. The van der Waals surface area contributed by atoms with Crippen molar-refractivity contribution in [1.82, 2.24) is 9.97 Å². The third kappa shape index (κ3) is 2.23. The molecule has 104 valence electrons. The van der Waals surface area contributed by atoms with E-state index in [1.807, 2.05) is 0 Å². The van der Waals surface area contributed by atoms with Gasteiger partial charge in [-0.05, 0) is 31.6 Å². The third-order valence-corrected chi connectivity index (χ3v) is 5.46. The van der Waals surface area contributed by atoms with Crippen molar-refractivity contribution < 1.29 is 4.74 Å². The van der Waals surface area contributed by atoms with E-state index in [-0.39, 0.29) is 11.2 Å². The van der Waals surface area contributed by atoms with Crippen LogP contribution in [0.15, 0.2) is 4.79 Å². The molecular formula is C14H20N2O2S. The van der Waals surface area contributed by atoms with Crippen molar-refractivity contribution >= 4 is 11.8 Å². The van der Waals surface area contributed by atoms with Gasteiger partial charge in [-0.1, -0.05) is 6.92 Å². The van der Waals surface area contributed by atoms with E-state index in [1.165, 1.54) is 0 Å². The number of hydrogen-bond acceptors (Lipinski definition) is 4. The number of rotatable bonds is 2. The van der Waals surface area contributed by atoms with Gasteiger partial charge in [-0.15, -0.1) is 0 Å². The van der Waals surface area contributed by atoms with E-state index in [2.05, 4.69) is 11.9 Å². The van der Waals surface area contributed by atoms with Gasteiger partial charge in [0.25, 0.3) is 5.56 Å². The summed E-state index contributed by atoms with van der Waals surface area (Å²) in [6.07, 6.45) is 4.14. The first-order chi connectivity index (χ1) is 9.14. The van der Waals surface area contributed by atoms with Gasteiger partial charge in [0.2, 0.25) is 0 Å². The summed E-state index contributed by atoms with van der Waals surface area (Å²) >= 11 is 1.76. The van der Waals surface area contributed by atoms with Crippen LogP contribution in [0.3, 0.4) is 0 Å². The average Bonchev–Trinajstić information content (AvgIpc) is 2.89. The average molecular weight is 280 g/mol. The number of fused-ring (bicyclic) bond motifs is 1. The smallest absolute Gasteiger partial charge is 0.255 e. The fourth-order valence-electron chi connectivity index (χ4n) is 3.04. The van der Waals surface area contributed by atoms with Crippen molar-refractivity contribution in [2.45, 2.75) is 49.7 Å². The highest BCUT2D eigenvalue weighted by Crippen LogP contribution is 2.40. The number of methoxy groups -OCH3 is 1. The Morgan fingerprint density at radius 2 is 2.11 bits per heavy atom. The minimum atomic E-state index is -0.381. The van der Waals surface area contributed by atoms with Crippen LogP contribution in [0.2, 0.25) is 0 Å². The number of H-pyrrole nitrogens is 1. The van der Waals surface area contributed by atoms with E-state index in [4.69, 9.17) is 9.72 Å². The molecule has 2 heterocycles. The first kappa shape index (κ1) is 13.2. The summed E-state index contributed by atoms with van der Waals surface area (Å²) in [4.78, 5) is 19.8. The van der Waals surface area contributed by atoms with Gasteiger partial charge in [0.1, 0.15) is 11.4 Å². The van der Waals surface area contributed by atoms with Crippen molar-refractivity contribution in [3.05, 3.63) is 27.4 Å². The van der Waals surface area contributed by atoms with Crippen molar-refractivity contribution in [1.29, 1.82) is 0 Å². The van der Waals surface area contributed by atoms with Gasteiger partial charge >= 0.3 is 0 Å². The monoisotopic (exact) mass is 280 g/mol. The number of nitrogens with one attached hydrogen (secondary N) is 1. The van der Waals surface area contributed by atoms with Gasteiger partial charge in [-0.25, -0.2) is 4.98 Å². The van der Waals surface area contributed by atoms with Gasteiger partial charge in [-0.3, -0.25) is 4.79 Å². The van der Waals surface area contributed by atoms with Gasteiger partial charge in [0.05, 0.1) is 5.69 Å². The van der Waals surface area contributed by atoms with E-state index in [9.17, 15) is 4.79 Å². The summed E-state index contributed by atoms with van der Waals surface area (Å²) in [6.45, 7) is 2.27. The molecule has 0 atom stereocenters. The zero-order chi connectivity index (χ0) is 13.5. The summed E-state index contributed by atoms with van der Waals surface area (Å²) in [5.74, 6) is 3.12. The number of nitrogens with zero attached hydrogens (tertiary/aromatic N) is 1. The lowest BCUT2D eigenvalue weighted by Crippen LogP contribution is -2.37. The second-order valence-electron chi connectivity index (χ2n) is 5.71. The molecule has 4 nitrogen and oxygen atoms in total. The molecule has 1 fully saturated rings. The van der Waals surface area contributed by atoms with Crippen LogP contribution in [-0.2, 0) is 21.8 Å². The molecule has 0 amide bonds. The van der Waals surface area contributed by atoms with Gasteiger partial charge in [-0.2, -0.15) is 11.8 Å². The summed E-state index contributed by atoms with van der Waals surface area (Å²) in [7, 11) is 1.73. The molecule has 1 aromatic heterocycles. The Morgan fingerprint density at radius 1 is 1.37 bits per heavy atom. The Kier molecular flexibility index (Phi) is 3.43. The third-order valence-electron chi connectivity index (χ3n) is 4.49. The number of ether oxygens (including phenoxy) is 1. The molecule has 3 rings (SSSR count). The fraction of sp³-hybridized carbons (Fsp3) is 0.714. The normalized spacial score (nSPS) is 30.3. The zero-order valence-corrected chi connectivity index (χ0v) is 12.3. The number of thioether (sulfide) groups is 1. The van der Waals surface area contributed by atoms with Crippen LogP contribution >= 0.6 is 11.8 Å². The molecule has 0 bridgehead atoms. The molecule has 0 spiro atoms. The highest BCUT2D eigenvalue weighted by atomic mass is 32.2. The Hall–Kier alpha value is -0.810. The molecule has 2 aliphatic rings. The first-order valence-electron chi connectivity index (χ1n) is 6.90. The minimum absolute atomic E-state index is 0.0278. The standard InChI is InChI=1S/C14H20N2O2S/c1-9-3-5-14(18-2,6-4-9)13-15-11-8-19-7-10(11)12(17)16-13/h9H,3-8H2,1-2H3,(H,15,16,17). The SMILES string of the molecule is COC1(c2nc3c(c(=O)[nH]2)CSC3)CCC(C)CC1. The lowest BCUT2D eigenvalue weighted by Gasteiger charge is -2.37. The van der Waals surface area contributed by atoms with E-state index in [0.29, 0.717) is 0 Å². The fourth-order valence-corrected chi connectivity index (χ4v) is 4.08. The minimum Gasteiger partial charge on any atom is -0.370 e. The largest absolute Gasteiger partial charge is 0.370 e. The van der Waals surface area contributed by atoms with Crippen LogP contribution in [-0.4, -0.2) is 17.1 Å². The molecule has 0 unspecified atom stereocenters. The van der Waals surface area contributed by atoms with Gasteiger partial charge < -0.3 is 9.72 Å². The zero-order valence-electron chi connectivity index (χ0n) is 11.5. The molecule has 1 N–H and O–H groups in total. The lowest BCUT2D eigenvalue weighted by atomic mass is 9.79. The van der Waals surface area contributed by atoms with Crippen LogP contribution in [0.25, 0.3) is 0 Å². The van der Waals surface area contributed by atoms with E-state index in [1.54, 1.807) is 18.9 Å². The molecule has 0 aromatic carbocycles. The summed E-state index contributed by atoms with van der Waals surface area (Å²) in [5.41, 5.74) is 1.46. The number of hydrogen-bond donors (Lipinski definition) is 1. The molecule has 19 heavy (non-hydrogen) atoms. The van der Waals surface area contributed by atoms with Gasteiger partial charge in [0, 0.05) is 24.2 Å². The molecule has 5 heteroatoms. The maximum Gasteiger partial charge on any atom is 0.255 e. The van der Waals surface area contributed by atoms with Crippen LogP contribution in [0.4, 0.5) is 0 Å². The van der Waals surface area contributed by atoms with Crippen LogP contribution < -0.4 is 5.56 Å². The van der Waals surface area contributed by atoms with Crippen LogP contribution in [0.1, 0.15) is 49.7 Å². The molecule has 1 aliphatic carbocycles. The molecule has 0 radical (unpaired) electrons. The van der Waals surface area contributed by atoms with Crippen molar-refractivity contribution in [3.8, 4) is 0 Å². The van der Waals surface area contributed by atoms with E-state index in [0.717, 1.165) is 60.2 Å². The Labute approximate surface area is 117 Å².